The summed E-state index contributed by atoms with van der Waals surface area (Å²) < 4.78 is 3.64. The molecule has 78 valence electrons. The molecule has 1 heterocycles. The number of nitrogens with two attached hydrogens (primary N) is 1. The molecule has 0 fully saturated rings. The summed E-state index contributed by atoms with van der Waals surface area (Å²) in [6, 6.07) is 0. The first-order chi connectivity index (χ1) is 6.72. The van der Waals surface area contributed by atoms with Crippen LogP contribution in [-0.2, 0) is 4.79 Å². The number of amides is 1. The Labute approximate surface area is 86.9 Å². The van der Waals surface area contributed by atoms with Gasteiger partial charge in [0.15, 0.2) is 0 Å². The maximum absolute atomic E-state index is 11.3. The Kier molecular flexibility index (Phi) is 4.48. The van der Waals surface area contributed by atoms with Crippen LogP contribution in [0.5, 0.6) is 0 Å². The highest BCUT2D eigenvalue weighted by Crippen LogP contribution is 2.11. The second-order valence-corrected chi connectivity index (χ2v) is 4.00. The average molecular weight is 214 g/mol. The lowest BCUT2D eigenvalue weighted by molar-refractivity contribution is -0.116. The van der Waals surface area contributed by atoms with Crippen LogP contribution < -0.4 is 11.1 Å². The Morgan fingerprint density at radius 2 is 2.57 bits per heavy atom. The van der Waals surface area contributed by atoms with E-state index in [9.17, 15) is 4.79 Å². The van der Waals surface area contributed by atoms with Gasteiger partial charge >= 0.3 is 0 Å². The van der Waals surface area contributed by atoms with E-state index in [-0.39, 0.29) is 5.91 Å². The molecule has 1 aromatic rings. The van der Waals surface area contributed by atoms with E-state index >= 15 is 0 Å². The van der Waals surface area contributed by atoms with Gasteiger partial charge in [0.25, 0.3) is 0 Å². The molecular formula is C8H14N4OS. The summed E-state index contributed by atoms with van der Waals surface area (Å²) in [6.07, 6.45) is 2.85. The summed E-state index contributed by atoms with van der Waals surface area (Å²) in [7, 11) is 0. The maximum atomic E-state index is 11.3. The molecule has 0 aliphatic rings. The van der Waals surface area contributed by atoms with Crippen molar-refractivity contribution < 1.29 is 4.79 Å². The minimum atomic E-state index is -0.00338. The fraction of sp³-hybridized carbons (Fsp3) is 0.625. The Hall–Kier alpha value is -1.01. The molecule has 0 saturated carbocycles. The topological polar surface area (TPSA) is 80.9 Å². The first-order valence-electron chi connectivity index (χ1n) is 4.49. The van der Waals surface area contributed by atoms with E-state index in [1.807, 2.05) is 6.92 Å². The van der Waals surface area contributed by atoms with Crippen LogP contribution in [0.4, 0.5) is 5.00 Å². The molecule has 0 aliphatic carbocycles. The van der Waals surface area contributed by atoms with Crippen LogP contribution in [0.25, 0.3) is 0 Å². The van der Waals surface area contributed by atoms with E-state index in [1.165, 1.54) is 17.7 Å². The van der Waals surface area contributed by atoms with E-state index < -0.39 is 0 Å². The van der Waals surface area contributed by atoms with Crippen LogP contribution in [0.1, 0.15) is 19.8 Å². The van der Waals surface area contributed by atoms with Crippen LogP contribution in [-0.4, -0.2) is 22.0 Å². The summed E-state index contributed by atoms with van der Waals surface area (Å²) in [6.45, 7) is 2.65. The standard InChI is InChI=1S/C8H14N4OS/c1-6(4-9)2-3-7(13)11-8-5-10-12-14-8/h5-6H,2-4,9H2,1H3,(H,11,13). The van der Waals surface area contributed by atoms with Crippen molar-refractivity contribution in [2.75, 3.05) is 11.9 Å². The molecule has 1 unspecified atom stereocenters. The van der Waals surface area contributed by atoms with Crippen molar-refractivity contribution in [1.29, 1.82) is 0 Å². The van der Waals surface area contributed by atoms with Crippen molar-refractivity contribution in [2.45, 2.75) is 19.8 Å². The van der Waals surface area contributed by atoms with Gasteiger partial charge in [-0.15, -0.1) is 5.10 Å². The quantitative estimate of drug-likeness (QED) is 0.761. The van der Waals surface area contributed by atoms with Gasteiger partial charge < -0.3 is 11.1 Å². The van der Waals surface area contributed by atoms with Gasteiger partial charge in [0.1, 0.15) is 5.00 Å². The molecule has 14 heavy (non-hydrogen) atoms. The largest absolute Gasteiger partial charge is 0.330 e. The third-order valence-corrected chi connectivity index (χ3v) is 2.47. The predicted octanol–water partition coefficient (Wildman–Crippen LogP) is 0.852. The minimum Gasteiger partial charge on any atom is -0.330 e. The van der Waals surface area contributed by atoms with E-state index in [1.54, 1.807) is 0 Å². The lowest BCUT2D eigenvalue weighted by Gasteiger charge is -2.06. The van der Waals surface area contributed by atoms with Gasteiger partial charge in [-0.25, -0.2) is 0 Å². The molecule has 0 bridgehead atoms. The molecule has 0 aromatic carbocycles. The molecular weight excluding hydrogens is 200 g/mol. The van der Waals surface area contributed by atoms with Crippen molar-refractivity contribution in [3.05, 3.63) is 6.20 Å². The van der Waals surface area contributed by atoms with Crippen LogP contribution >= 0.6 is 11.5 Å². The molecule has 0 radical (unpaired) electrons. The average Bonchev–Trinajstić information content (AvgIpc) is 2.66. The smallest absolute Gasteiger partial charge is 0.225 e. The van der Waals surface area contributed by atoms with Crippen LogP contribution in [0.2, 0.25) is 0 Å². The van der Waals surface area contributed by atoms with Crippen molar-refractivity contribution in [3.63, 3.8) is 0 Å². The fourth-order valence-electron chi connectivity index (χ4n) is 0.917. The molecule has 1 rings (SSSR count). The Morgan fingerprint density at radius 3 is 3.14 bits per heavy atom. The fourth-order valence-corrected chi connectivity index (χ4v) is 1.35. The lowest BCUT2D eigenvalue weighted by atomic mass is 10.1. The zero-order chi connectivity index (χ0) is 10.4. The second kappa shape index (κ2) is 5.66. The molecule has 0 spiro atoms. The van der Waals surface area contributed by atoms with Crippen LogP contribution in [0, 0.1) is 5.92 Å². The van der Waals surface area contributed by atoms with Gasteiger partial charge in [0, 0.05) is 18.0 Å². The maximum Gasteiger partial charge on any atom is 0.225 e. The van der Waals surface area contributed by atoms with E-state index in [0.717, 1.165) is 6.42 Å². The number of hydrogen-bond acceptors (Lipinski definition) is 5. The highest BCUT2D eigenvalue weighted by atomic mass is 32.1. The summed E-state index contributed by atoms with van der Waals surface area (Å²) in [5.74, 6) is 0.386. The number of carbonyl (C=O) groups is 1. The number of aromatic nitrogens is 2. The lowest BCUT2D eigenvalue weighted by Crippen LogP contribution is -2.15. The zero-order valence-corrected chi connectivity index (χ0v) is 8.88. The number of hydrogen-bond donors (Lipinski definition) is 2. The molecule has 0 saturated heterocycles. The molecule has 1 aromatic heterocycles. The zero-order valence-electron chi connectivity index (χ0n) is 8.06. The third kappa shape index (κ3) is 3.80. The molecule has 1 atom stereocenters. The Balaban J connectivity index is 2.23. The first-order valence-corrected chi connectivity index (χ1v) is 5.27. The Morgan fingerprint density at radius 1 is 1.79 bits per heavy atom. The summed E-state index contributed by atoms with van der Waals surface area (Å²) >= 11 is 1.17. The summed E-state index contributed by atoms with van der Waals surface area (Å²) in [4.78, 5) is 11.3. The summed E-state index contributed by atoms with van der Waals surface area (Å²) in [5, 5.41) is 7.03. The Bertz CT molecular complexity index is 275. The van der Waals surface area contributed by atoms with E-state index in [4.69, 9.17) is 5.73 Å². The first kappa shape index (κ1) is 11.1. The minimum absolute atomic E-state index is 0.00338. The highest BCUT2D eigenvalue weighted by Gasteiger charge is 2.06. The van der Waals surface area contributed by atoms with Crippen LogP contribution in [0.3, 0.4) is 0 Å². The van der Waals surface area contributed by atoms with E-state index in [2.05, 4.69) is 14.9 Å². The molecule has 0 aliphatic heterocycles. The number of anilines is 1. The van der Waals surface area contributed by atoms with Crippen molar-refractivity contribution in [3.8, 4) is 0 Å². The van der Waals surface area contributed by atoms with Gasteiger partial charge in [-0.1, -0.05) is 11.4 Å². The monoisotopic (exact) mass is 214 g/mol. The predicted molar refractivity (Wildman–Crippen MR) is 56.0 cm³/mol. The van der Waals surface area contributed by atoms with Gasteiger partial charge in [0.2, 0.25) is 5.91 Å². The van der Waals surface area contributed by atoms with Gasteiger partial charge in [-0.2, -0.15) is 0 Å². The second-order valence-electron chi connectivity index (χ2n) is 3.21. The number of nitrogens with one attached hydrogen (secondary N) is 1. The summed E-state index contributed by atoms with van der Waals surface area (Å²) in [5.41, 5.74) is 5.44. The van der Waals surface area contributed by atoms with Crippen molar-refractivity contribution in [1.82, 2.24) is 9.59 Å². The van der Waals surface area contributed by atoms with Crippen LogP contribution in [0.15, 0.2) is 6.20 Å². The highest BCUT2D eigenvalue weighted by molar-refractivity contribution is 7.10. The van der Waals surface area contributed by atoms with E-state index in [0.29, 0.717) is 23.9 Å². The SMILES string of the molecule is CC(CN)CCC(=O)Nc1cnns1. The number of carbonyl (C=O) groups excluding carboxylic acids is 1. The number of rotatable bonds is 5. The van der Waals surface area contributed by atoms with Crippen molar-refractivity contribution in [2.24, 2.45) is 11.7 Å². The normalized spacial score (nSPS) is 12.4. The third-order valence-electron chi connectivity index (χ3n) is 1.89. The molecule has 3 N–H and O–H groups in total. The molecule has 1 amide bonds. The van der Waals surface area contributed by atoms with Gasteiger partial charge in [-0.05, 0) is 18.9 Å². The molecule has 5 nitrogen and oxygen atoms in total. The van der Waals surface area contributed by atoms with Crippen molar-refractivity contribution >= 4 is 22.4 Å². The van der Waals surface area contributed by atoms with Gasteiger partial charge in [0.05, 0.1) is 6.20 Å². The molecule has 6 heteroatoms. The van der Waals surface area contributed by atoms with Gasteiger partial charge in [-0.3, -0.25) is 4.79 Å². The number of nitrogens with zero attached hydrogens (tertiary/aromatic N) is 2.